The summed E-state index contributed by atoms with van der Waals surface area (Å²) in [6, 6.07) is 2.97. The molecule has 0 aromatic rings. The van der Waals surface area contributed by atoms with Crippen LogP contribution in [0.2, 0.25) is 0 Å². The van der Waals surface area contributed by atoms with E-state index in [1.807, 2.05) is 0 Å². The van der Waals surface area contributed by atoms with E-state index in [0.29, 0.717) is 4.53 Å². The smallest absolute Gasteiger partial charge is 0.245 e. The van der Waals surface area contributed by atoms with Gasteiger partial charge in [0.1, 0.15) is 4.53 Å². The molecule has 1 aliphatic carbocycles. The van der Waals surface area contributed by atoms with E-state index in [0.717, 1.165) is 4.53 Å². The molecule has 3 nitrogen and oxygen atoms in total. The zero-order chi connectivity index (χ0) is 7.84. The summed E-state index contributed by atoms with van der Waals surface area (Å²) in [6.07, 6.45) is 0. The lowest BCUT2D eigenvalue weighted by molar-refractivity contribution is 1.45. The van der Waals surface area contributed by atoms with E-state index < -0.39 is 10.9 Å². The Hall–Kier alpha value is -0.940. The molecule has 5 heteroatoms. The summed E-state index contributed by atoms with van der Waals surface area (Å²) >= 11 is 2.57. The van der Waals surface area contributed by atoms with Gasteiger partial charge in [0.05, 0.1) is 4.53 Å². The van der Waals surface area contributed by atoms with Crippen molar-refractivity contribution in [2.75, 3.05) is 0 Å². The first-order valence-corrected chi connectivity index (χ1v) is 4.52. The monoisotopic (exact) mass is 185 g/mol. The van der Waals surface area contributed by atoms with E-state index in [-0.39, 0.29) is 0 Å². The number of nitrogens with one attached hydrogen (secondary N) is 1. The van der Waals surface area contributed by atoms with Crippen LogP contribution in [0.3, 0.4) is 0 Å². The third-order valence-corrected chi connectivity index (χ3v) is 3.30. The number of hydrogen-bond donors (Lipinski definition) is 1. The Morgan fingerprint density at radius 1 is 1.18 bits per heavy atom. The van der Waals surface area contributed by atoms with Gasteiger partial charge in [-0.3, -0.25) is 13.4 Å². The van der Waals surface area contributed by atoms with Crippen molar-refractivity contribution in [2.24, 2.45) is 0 Å². The minimum Gasteiger partial charge on any atom is -0.286 e. The normalized spacial score (nSPS) is 10.5. The van der Waals surface area contributed by atoms with Crippen LogP contribution >= 0.6 is 23.1 Å². The van der Waals surface area contributed by atoms with Crippen molar-refractivity contribution in [1.29, 1.82) is 0 Å². The maximum atomic E-state index is 11.1. The van der Waals surface area contributed by atoms with Gasteiger partial charge in [0.2, 0.25) is 10.9 Å². The molecular weight excluding hydrogens is 182 g/mol. The van der Waals surface area contributed by atoms with Crippen LogP contribution in [-0.4, -0.2) is 3.76 Å². The second-order valence-corrected chi connectivity index (χ2v) is 3.93. The summed E-state index contributed by atoms with van der Waals surface area (Å²) in [5, 5.41) is 0. The van der Waals surface area contributed by atoms with Crippen molar-refractivity contribution >= 4 is 23.1 Å². The molecule has 0 bridgehead atoms. The lowest BCUT2D eigenvalue weighted by Gasteiger charge is -1.74. The number of aromatic nitrogens is 1. The highest BCUT2D eigenvalue weighted by atomic mass is 32.2. The Labute approximate surface area is 68.9 Å². The quantitative estimate of drug-likeness (QED) is 0.610. The zero-order valence-electron chi connectivity index (χ0n) is 5.29. The van der Waals surface area contributed by atoms with Crippen molar-refractivity contribution in [3.8, 4) is 0 Å². The lowest BCUT2D eigenvalue weighted by Crippen LogP contribution is -2.22. The highest BCUT2D eigenvalue weighted by Crippen LogP contribution is 2.02. The summed E-state index contributed by atoms with van der Waals surface area (Å²) in [6.45, 7) is 0. The number of hydrogen-bond acceptors (Lipinski definition) is 4. The van der Waals surface area contributed by atoms with Crippen LogP contribution in [-0.2, 0) is 0 Å². The van der Waals surface area contributed by atoms with Gasteiger partial charge in [-0.25, -0.2) is 0 Å². The molecule has 56 valence electrons. The van der Waals surface area contributed by atoms with Crippen molar-refractivity contribution in [2.45, 2.75) is 0 Å². The van der Waals surface area contributed by atoms with Gasteiger partial charge in [0.25, 0.3) is 0 Å². The Balaban J connectivity index is 3.30. The Morgan fingerprint density at radius 3 is 2.82 bits per heavy atom. The van der Waals surface area contributed by atoms with Crippen molar-refractivity contribution in [3.05, 3.63) is 41.6 Å². The van der Waals surface area contributed by atoms with Crippen LogP contribution in [0.15, 0.2) is 21.7 Å². The van der Waals surface area contributed by atoms with Gasteiger partial charge in [-0.15, -0.1) is 0 Å². The summed E-state index contributed by atoms with van der Waals surface area (Å²) in [4.78, 5) is 21.9. The van der Waals surface area contributed by atoms with Crippen molar-refractivity contribution < 1.29 is 0 Å². The fourth-order valence-electron chi connectivity index (χ4n) is 0.811. The summed E-state index contributed by atoms with van der Waals surface area (Å²) in [7, 11) is 0. The summed E-state index contributed by atoms with van der Waals surface area (Å²) < 4.78 is 4.23. The topological polar surface area (TPSA) is 49.9 Å². The van der Waals surface area contributed by atoms with Crippen LogP contribution in [0.25, 0.3) is 0 Å². The van der Waals surface area contributed by atoms with Gasteiger partial charge in [-0.2, -0.15) is 0 Å². The first-order chi connectivity index (χ1) is 5.29. The maximum Gasteiger partial charge on any atom is 0.245 e. The molecule has 0 unspecified atom stereocenters. The molecule has 0 radical (unpaired) electrons. The molecule has 0 amide bonds. The van der Waals surface area contributed by atoms with Crippen LogP contribution in [0.1, 0.15) is 0 Å². The maximum absolute atomic E-state index is 11.1. The van der Waals surface area contributed by atoms with E-state index in [9.17, 15) is 9.59 Å². The average Bonchev–Trinajstić information content (AvgIpc) is 2.45. The first kappa shape index (κ1) is 6.75. The van der Waals surface area contributed by atoms with E-state index in [1.54, 1.807) is 6.07 Å². The van der Waals surface area contributed by atoms with E-state index in [4.69, 9.17) is 0 Å². The van der Waals surface area contributed by atoms with Gasteiger partial charge < -0.3 is 0 Å². The number of aromatic amines is 1. The lowest BCUT2D eigenvalue weighted by atomic mass is 10.4. The minimum atomic E-state index is -0.430. The molecule has 1 N–H and O–H groups in total. The first-order valence-electron chi connectivity index (χ1n) is 2.89. The fourth-order valence-corrected chi connectivity index (χ4v) is 2.60. The second-order valence-electron chi connectivity index (χ2n) is 2.01. The molecule has 0 fully saturated rings. The molecule has 1 aliphatic heterocycles. The molecule has 1 heterocycles. The molecular formula is C6H3NO2S2. The third-order valence-electron chi connectivity index (χ3n) is 1.34. The van der Waals surface area contributed by atoms with Gasteiger partial charge in [0.15, 0.2) is 0 Å². The van der Waals surface area contributed by atoms with E-state index >= 15 is 0 Å². The van der Waals surface area contributed by atoms with Crippen LogP contribution < -0.4 is 10.9 Å². The molecule has 2 aliphatic rings. The highest BCUT2D eigenvalue weighted by molar-refractivity contribution is 7.18. The van der Waals surface area contributed by atoms with Gasteiger partial charge in [0, 0.05) is 0 Å². The molecule has 0 aromatic carbocycles. The minimum absolute atomic E-state index is 0.398. The van der Waals surface area contributed by atoms with Gasteiger partial charge in [-0.05, 0) is 23.7 Å². The van der Waals surface area contributed by atoms with Crippen molar-refractivity contribution in [1.82, 2.24) is 3.76 Å². The molecule has 2 rings (SSSR count). The fraction of sp³-hybridized carbons (Fsp3) is 0. The van der Waals surface area contributed by atoms with E-state index in [2.05, 4.69) is 3.76 Å². The SMILES string of the molecule is O=c1ccc2s[nH]sc=2c1=O. The predicted octanol–water partition coefficient (Wildman–Crippen LogP) is 0.583. The largest absolute Gasteiger partial charge is 0.286 e. The predicted molar refractivity (Wildman–Crippen MR) is 44.4 cm³/mol. The summed E-state index contributed by atoms with van der Waals surface area (Å²) in [5.41, 5.74) is -0.828. The number of H-pyrrole nitrogens is 1. The number of rotatable bonds is 0. The molecule has 0 atom stereocenters. The third kappa shape index (κ3) is 0.928. The molecule has 0 saturated carbocycles. The second kappa shape index (κ2) is 2.28. The van der Waals surface area contributed by atoms with Crippen LogP contribution in [0.4, 0.5) is 0 Å². The summed E-state index contributed by atoms with van der Waals surface area (Å²) in [5.74, 6) is 0. The molecule has 0 saturated heterocycles. The zero-order valence-corrected chi connectivity index (χ0v) is 6.92. The molecule has 0 aromatic heterocycles. The Kier molecular flexibility index (Phi) is 1.40. The Morgan fingerprint density at radius 2 is 2.00 bits per heavy atom. The molecule has 11 heavy (non-hydrogen) atoms. The van der Waals surface area contributed by atoms with Crippen molar-refractivity contribution in [3.63, 3.8) is 0 Å². The van der Waals surface area contributed by atoms with Gasteiger partial charge in [-0.1, -0.05) is 11.5 Å². The van der Waals surface area contributed by atoms with Crippen LogP contribution in [0.5, 0.6) is 0 Å². The Bertz CT molecular complexity index is 535. The standard InChI is InChI=1S/C6H3NO2S2/c8-3-1-2-4-6(5(3)9)11-7-10-4/h1-2,7H. The van der Waals surface area contributed by atoms with Crippen LogP contribution in [0, 0.1) is 9.06 Å². The van der Waals surface area contributed by atoms with E-state index in [1.165, 1.54) is 29.1 Å². The average molecular weight is 185 g/mol. The van der Waals surface area contributed by atoms with Gasteiger partial charge >= 0.3 is 0 Å². The molecule has 0 spiro atoms. The highest BCUT2D eigenvalue weighted by Gasteiger charge is 1.98.